The molecule has 120 valence electrons. The average molecular weight is 324 g/mol. The lowest BCUT2D eigenvalue weighted by Gasteiger charge is -2.09. The van der Waals surface area contributed by atoms with Gasteiger partial charge in [-0.3, -0.25) is 9.78 Å². The Morgan fingerprint density at radius 1 is 1.17 bits per heavy atom. The van der Waals surface area contributed by atoms with Gasteiger partial charge in [-0.2, -0.15) is 0 Å². The highest BCUT2D eigenvalue weighted by atomic mass is 19.1. The van der Waals surface area contributed by atoms with E-state index in [1.54, 1.807) is 37.5 Å². The quantitative estimate of drug-likeness (QED) is 0.796. The molecule has 0 saturated carbocycles. The summed E-state index contributed by atoms with van der Waals surface area (Å²) >= 11 is 0. The van der Waals surface area contributed by atoms with Crippen molar-refractivity contribution >= 4 is 11.7 Å². The maximum Gasteiger partial charge on any atom is 0.275 e. The van der Waals surface area contributed by atoms with Gasteiger partial charge in [0.05, 0.1) is 12.4 Å². The number of ether oxygens (including phenoxy) is 1. The molecule has 0 unspecified atom stereocenters. The zero-order valence-corrected chi connectivity index (χ0v) is 12.7. The highest BCUT2D eigenvalue weighted by Crippen LogP contribution is 2.22. The second-order valence-corrected chi connectivity index (χ2v) is 4.94. The number of carbonyl (C=O) groups excluding carboxylic acids is 1. The molecule has 3 aromatic heterocycles. The van der Waals surface area contributed by atoms with E-state index in [0.717, 1.165) is 6.20 Å². The summed E-state index contributed by atoms with van der Waals surface area (Å²) in [6.07, 6.45) is 4.23. The van der Waals surface area contributed by atoms with Gasteiger partial charge in [0, 0.05) is 24.0 Å². The average Bonchev–Trinajstić information content (AvgIpc) is 2.57. The number of aromatic nitrogens is 3. The molecule has 0 aliphatic heterocycles. The summed E-state index contributed by atoms with van der Waals surface area (Å²) in [6.45, 7) is 1.75. The van der Waals surface area contributed by atoms with E-state index < -0.39 is 11.7 Å². The molecule has 1 N–H and O–H groups in total. The summed E-state index contributed by atoms with van der Waals surface area (Å²) in [5.74, 6) is 0.310. The van der Waals surface area contributed by atoms with Crippen LogP contribution in [-0.4, -0.2) is 20.9 Å². The van der Waals surface area contributed by atoms with Gasteiger partial charge in [-0.15, -0.1) is 0 Å². The second-order valence-electron chi connectivity index (χ2n) is 4.94. The van der Waals surface area contributed by atoms with Crippen LogP contribution >= 0.6 is 0 Å². The van der Waals surface area contributed by atoms with Crippen molar-refractivity contribution in [3.63, 3.8) is 0 Å². The maximum atomic E-state index is 12.9. The van der Waals surface area contributed by atoms with E-state index in [1.165, 1.54) is 18.2 Å². The fraction of sp³-hybridized carbons (Fsp3) is 0.0588. The molecule has 0 atom stereocenters. The first-order valence-corrected chi connectivity index (χ1v) is 7.09. The molecule has 3 heterocycles. The van der Waals surface area contributed by atoms with Gasteiger partial charge < -0.3 is 10.1 Å². The van der Waals surface area contributed by atoms with Crippen LogP contribution in [0.5, 0.6) is 11.5 Å². The van der Waals surface area contributed by atoms with Crippen LogP contribution in [0.1, 0.15) is 16.2 Å². The first-order chi connectivity index (χ1) is 11.6. The monoisotopic (exact) mass is 324 g/mol. The lowest BCUT2D eigenvalue weighted by Crippen LogP contribution is -2.15. The molecule has 0 radical (unpaired) electrons. The molecule has 0 spiro atoms. The number of nitrogens with one attached hydrogen (secondary N) is 1. The zero-order valence-electron chi connectivity index (χ0n) is 12.7. The van der Waals surface area contributed by atoms with Crippen molar-refractivity contribution in [1.29, 1.82) is 0 Å². The van der Waals surface area contributed by atoms with E-state index in [-0.39, 0.29) is 11.5 Å². The Hall–Kier alpha value is -3.35. The minimum atomic E-state index is -0.478. The maximum absolute atomic E-state index is 12.9. The van der Waals surface area contributed by atoms with Crippen molar-refractivity contribution in [2.75, 3.05) is 5.32 Å². The number of pyridine rings is 3. The first-order valence-electron chi connectivity index (χ1n) is 7.09. The molecule has 0 aliphatic rings. The Bertz CT molecular complexity index is 854. The Kier molecular flexibility index (Phi) is 4.42. The molecular weight excluding hydrogens is 311 g/mol. The van der Waals surface area contributed by atoms with Crippen molar-refractivity contribution in [3.8, 4) is 11.5 Å². The van der Waals surface area contributed by atoms with Crippen LogP contribution < -0.4 is 10.1 Å². The molecular formula is C17H13FN4O2. The van der Waals surface area contributed by atoms with Crippen molar-refractivity contribution < 1.29 is 13.9 Å². The predicted octanol–water partition coefficient (Wildman–Crippen LogP) is 3.36. The second kappa shape index (κ2) is 6.82. The van der Waals surface area contributed by atoms with Gasteiger partial charge >= 0.3 is 0 Å². The minimum absolute atomic E-state index is 0.167. The molecule has 0 saturated heterocycles. The summed E-state index contributed by atoms with van der Waals surface area (Å²) < 4.78 is 18.5. The SMILES string of the molecule is Cc1cc(Oc2cccnc2)cc(C(=O)Nc2ccc(F)cn2)n1. The Balaban J connectivity index is 1.80. The zero-order chi connectivity index (χ0) is 16.9. The van der Waals surface area contributed by atoms with Crippen molar-refractivity contribution in [3.05, 3.63) is 72.2 Å². The Morgan fingerprint density at radius 2 is 2.04 bits per heavy atom. The topological polar surface area (TPSA) is 77.0 Å². The number of aryl methyl sites for hydroxylation is 1. The molecule has 1 amide bonds. The number of amides is 1. The fourth-order valence-corrected chi connectivity index (χ4v) is 1.99. The first kappa shape index (κ1) is 15.5. The standard InChI is InChI=1S/C17H13FN4O2/c1-11-7-14(24-13-3-2-6-19-10-13)8-15(21-11)17(23)22-16-5-4-12(18)9-20-16/h2-10H,1H3,(H,20,22,23). The number of anilines is 1. The van der Waals surface area contributed by atoms with Crippen LogP contribution in [-0.2, 0) is 0 Å². The summed E-state index contributed by atoms with van der Waals surface area (Å²) in [6, 6.07) is 9.31. The normalized spacial score (nSPS) is 10.2. The van der Waals surface area contributed by atoms with Gasteiger partial charge in [-0.25, -0.2) is 14.4 Å². The van der Waals surface area contributed by atoms with E-state index in [4.69, 9.17) is 4.74 Å². The number of nitrogens with zero attached hydrogens (tertiary/aromatic N) is 3. The van der Waals surface area contributed by atoms with Gasteiger partial charge in [0.25, 0.3) is 5.91 Å². The van der Waals surface area contributed by atoms with Gasteiger partial charge in [0.1, 0.15) is 28.8 Å². The smallest absolute Gasteiger partial charge is 0.275 e. The van der Waals surface area contributed by atoms with Crippen molar-refractivity contribution in [2.24, 2.45) is 0 Å². The molecule has 3 rings (SSSR count). The summed E-state index contributed by atoms with van der Waals surface area (Å²) in [5, 5.41) is 2.56. The molecule has 24 heavy (non-hydrogen) atoms. The van der Waals surface area contributed by atoms with E-state index in [0.29, 0.717) is 17.2 Å². The van der Waals surface area contributed by atoms with Crippen LogP contribution in [0.25, 0.3) is 0 Å². The van der Waals surface area contributed by atoms with E-state index >= 15 is 0 Å². The van der Waals surface area contributed by atoms with Crippen LogP contribution in [0.15, 0.2) is 55.0 Å². The highest BCUT2D eigenvalue weighted by Gasteiger charge is 2.12. The highest BCUT2D eigenvalue weighted by molar-refractivity contribution is 6.02. The molecule has 0 aliphatic carbocycles. The van der Waals surface area contributed by atoms with Crippen molar-refractivity contribution in [1.82, 2.24) is 15.0 Å². The third-order valence-electron chi connectivity index (χ3n) is 3.00. The van der Waals surface area contributed by atoms with Gasteiger partial charge in [0.15, 0.2) is 0 Å². The van der Waals surface area contributed by atoms with Crippen LogP contribution in [0.4, 0.5) is 10.2 Å². The lowest BCUT2D eigenvalue weighted by atomic mass is 10.2. The summed E-state index contributed by atoms with van der Waals surface area (Å²) in [4.78, 5) is 24.2. The van der Waals surface area contributed by atoms with Gasteiger partial charge in [-0.1, -0.05) is 0 Å². The van der Waals surface area contributed by atoms with E-state index in [1.807, 2.05) is 0 Å². The largest absolute Gasteiger partial charge is 0.456 e. The van der Waals surface area contributed by atoms with E-state index in [2.05, 4.69) is 20.3 Å². The van der Waals surface area contributed by atoms with Crippen LogP contribution in [0.3, 0.4) is 0 Å². The molecule has 6 nitrogen and oxygen atoms in total. The predicted molar refractivity (Wildman–Crippen MR) is 85.4 cm³/mol. The molecule has 3 aromatic rings. The minimum Gasteiger partial charge on any atom is -0.456 e. The molecule has 7 heteroatoms. The van der Waals surface area contributed by atoms with Crippen molar-refractivity contribution in [2.45, 2.75) is 6.92 Å². The van der Waals surface area contributed by atoms with E-state index in [9.17, 15) is 9.18 Å². The molecule has 0 aromatic carbocycles. The third kappa shape index (κ3) is 3.89. The molecule has 0 bridgehead atoms. The summed E-state index contributed by atoms with van der Waals surface area (Å²) in [5.41, 5.74) is 0.786. The number of hydrogen-bond acceptors (Lipinski definition) is 5. The number of carbonyl (C=O) groups is 1. The summed E-state index contributed by atoms with van der Waals surface area (Å²) in [7, 11) is 0. The van der Waals surface area contributed by atoms with Crippen LogP contribution in [0, 0.1) is 12.7 Å². The van der Waals surface area contributed by atoms with Gasteiger partial charge in [0.2, 0.25) is 0 Å². The number of hydrogen-bond donors (Lipinski definition) is 1. The Morgan fingerprint density at radius 3 is 2.75 bits per heavy atom. The Labute approximate surface area is 137 Å². The third-order valence-corrected chi connectivity index (χ3v) is 3.00. The number of halogens is 1. The number of rotatable bonds is 4. The fourth-order valence-electron chi connectivity index (χ4n) is 1.99. The van der Waals surface area contributed by atoms with Gasteiger partial charge in [-0.05, 0) is 31.2 Å². The molecule has 0 fully saturated rings. The van der Waals surface area contributed by atoms with Crippen LogP contribution in [0.2, 0.25) is 0 Å². The lowest BCUT2D eigenvalue weighted by molar-refractivity contribution is 0.102.